The van der Waals surface area contributed by atoms with Crippen molar-refractivity contribution in [3.05, 3.63) is 0 Å². The molecular weight excluding hydrogens is 226 g/mol. The molecule has 0 atom stereocenters. The van der Waals surface area contributed by atoms with Crippen molar-refractivity contribution in [1.82, 2.24) is 14.8 Å². The highest BCUT2D eigenvalue weighted by molar-refractivity contribution is 7.87. The number of rotatable bonds is 6. The van der Waals surface area contributed by atoms with Crippen LogP contribution in [0.5, 0.6) is 0 Å². The van der Waals surface area contributed by atoms with Crippen molar-refractivity contribution in [2.75, 3.05) is 13.6 Å². The first-order valence-electron chi connectivity index (χ1n) is 6.01. The highest BCUT2D eigenvalue weighted by Gasteiger charge is 2.23. The maximum atomic E-state index is 11.3. The lowest BCUT2D eigenvalue weighted by Crippen LogP contribution is -2.45. The zero-order valence-electron chi connectivity index (χ0n) is 10.1. The van der Waals surface area contributed by atoms with Gasteiger partial charge in [0.2, 0.25) is 0 Å². The van der Waals surface area contributed by atoms with Crippen LogP contribution in [0.2, 0.25) is 0 Å². The predicted molar refractivity (Wildman–Crippen MR) is 65.5 cm³/mol. The molecule has 3 N–H and O–H groups in total. The Bertz CT molecular complexity index is 284. The lowest BCUT2D eigenvalue weighted by Gasteiger charge is -2.29. The van der Waals surface area contributed by atoms with Gasteiger partial charge in [-0.25, -0.2) is 4.72 Å². The summed E-state index contributed by atoms with van der Waals surface area (Å²) in [6, 6.07) is 0.660. The summed E-state index contributed by atoms with van der Waals surface area (Å²) in [7, 11) is -1.85. The summed E-state index contributed by atoms with van der Waals surface area (Å²) in [6.07, 6.45) is 5.09. The number of hydrogen-bond acceptors (Lipinski definition) is 3. The van der Waals surface area contributed by atoms with Crippen LogP contribution < -0.4 is 14.8 Å². The average Bonchev–Trinajstić information content (AvgIpc) is 2.28. The molecule has 0 aliphatic heterocycles. The molecule has 1 aliphatic carbocycles. The molecule has 1 fully saturated rings. The first-order valence-corrected chi connectivity index (χ1v) is 7.50. The van der Waals surface area contributed by atoms with E-state index >= 15 is 0 Å². The molecule has 0 aromatic carbocycles. The van der Waals surface area contributed by atoms with Crippen molar-refractivity contribution in [2.24, 2.45) is 0 Å². The topological polar surface area (TPSA) is 70.2 Å². The lowest BCUT2D eigenvalue weighted by atomic mass is 9.92. The Labute approximate surface area is 98.6 Å². The van der Waals surface area contributed by atoms with Crippen LogP contribution in [0.4, 0.5) is 0 Å². The van der Waals surface area contributed by atoms with E-state index < -0.39 is 10.2 Å². The molecule has 0 unspecified atom stereocenters. The van der Waals surface area contributed by atoms with E-state index in [-0.39, 0.29) is 6.04 Å². The van der Waals surface area contributed by atoms with Gasteiger partial charge in [-0.15, -0.1) is 0 Å². The minimum atomic E-state index is -3.27. The Hall–Kier alpha value is -0.170. The highest BCUT2D eigenvalue weighted by Crippen LogP contribution is 2.18. The van der Waals surface area contributed by atoms with Crippen molar-refractivity contribution < 1.29 is 8.42 Å². The average molecular weight is 249 g/mol. The van der Waals surface area contributed by atoms with E-state index in [0.29, 0.717) is 6.04 Å². The summed E-state index contributed by atoms with van der Waals surface area (Å²) in [6.45, 7) is 3.21. The molecule has 0 heterocycles. The van der Waals surface area contributed by atoms with Gasteiger partial charge in [0.25, 0.3) is 10.2 Å². The van der Waals surface area contributed by atoms with Crippen LogP contribution in [0.1, 0.15) is 39.0 Å². The fraction of sp³-hybridized carbons (Fsp3) is 1.00. The van der Waals surface area contributed by atoms with E-state index in [1.807, 2.05) is 0 Å². The van der Waals surface area contributed by atoms with Crippen molar-refractivity contribution in [2.45, 2.75) is 51.1 Å². The molecule has 1 aliphatic rings. The van der Waals surface area contributed by atoms with Gasteiger partial charge in [0, 0.05) is 19.1 Å². The van der Waals surface area contributed by atoms with Gasteiger partial charge >= 0.3 is 0 Å². The lowest BCUT2D eigenvalue weighted by molar-refractivity contribution is 0.329. The normalized spacial score (nSPS) is 26.9. The number of hydrogen-bond donors (Lipinski definition) is 3. The third kappa shape index (κ3) is 4.78. The molecule has 6 heteroatoms. The molecule has 96 valence electrons. The zero-order chi connectivity index (χ0) is 12.0. The van der Waals surface area contributed by atoms with Gasteiger partial charge in [-0.1, -0.05) is 6.92 Å². The van der Waals surface area contributed by atoms with Gasteiger partial charge in [-0.05, 0) is 38.6 Å². The monoisotopic (exact) mass is 249 g/mol. The van der Waals surface area contributed by atoms with Crippen LogP contribution >= 0.6 is 0 Å². The summed E-state index contributed by atoms with van der Waals surface area (Å²) in [5.41, 5.74) is 0. The second-order valence-electron chi connectivity index (χ2n) is 4.33. The fourth-order valence-electron chi connectivity index (χ4n) is 2.04. The Kier molecular flexibility index (Phi) is 5.68. The summed E-state index contributed by atoms with van der Waals surface area (Å²) < 4.78 is 27.5. The quantitative estimate of drug-likeness (QED) is 0.636. The van der Waals surface area contributed by atoms with E-state index in [2.05, 4.69) is 21.7 Å². The van der Waals surface area contributed by atoms with Crippen LogP contribution in [0.3, 0.4) is 0 Å². The van der Waals surface area contributed by atoms with E-state index in [1.165, 1.54) is 7.05 Å². The molecule has 16 heavy (non-hydrogen) atoms. The Morgan fingerprint density at radius 3 is 2.19 bits per heavy atom. The van der Waals surface area contributed by atoms with E-state index in [9.17, 15) is 8.42 Å². The second kappa shape index (κ2) is 6.54. The Balaban J connectivity index is 2.27. The molecule has 1 rings (SSSR count). The summed E-state index contributed by atoms with van der Waals surface area (Å²) in [5.74, 6) is 0. The Morgan fingerprint density at radius 2 is 1.69 bits per heavy atom. The maximum Gasteiger partial charge on any atom is 0.276 e. The van der Waals surface area contributed by atoms with Crippen LogP contribution in [-0.4, -0.2) is 34.1 Å². The minimum absolute atomic E-state index is 0.0946. The highest BCUT2D eigenvalue weighted by atomic mass is 32.2. The summed E-state index contributed by atoms with van der Waals surface area (Å²) >= 11 is 0. The van der Waals surface area contributed by atoms with Crippen LogP contribution in [0.25, 0.3) is 0 Å². The van der Waals surface area contributed by atoms with Crippen LogP contribution in [-0.2, 0) is 10.2 Å². The van der Waals surface area contributed by atoms with Gasteiger partial charge in [0.05, 0.1) is 0 Å². The predicted octanol–water partition coefficient (Wildman–Crippen LogP) is 0.351. The summed E-state index contributed by atoms with van der Waals surface area (Å²) in [5, 5.41) is 3.48. The van der Waals surface area contributed by atoms with E-state index in [4.69, 9.17) is 0 Å². The van der Waals surface area contributed by atoms with Crippen molar-refractivity contribution in [3.63, 3.8) is 0 Å². The number of nitrogens with one attached hydrogen (secondary N) is 3. The smallest absolute Gasteiger partial charge is 0.276 e. The molecule has 0 aromatic rings. The van der Waals surface area contributed by atoms with Crippen molar-refractivity contribution in [3.8, 4) is 0 Å². The molecular formula is C10H23N3O2S. The first-order chi connectivity index (χ1) is 7.57. The third-order valence-electron chi connectivity index (χ3n) is 3.00. The fourth-order valence-corrected chi connectivity index (χ4v) is 2.83. The first kappa shape index (κ1) is 13.9. The maximum absolute atomic E-state index is 11.3. The van der Waals surface area contributed by atoms with Gasteiger partial charge in [-0.2, -0.15) is 13.1 Å². The van der Waals surface area contributed by atoms with E-state index in [0.717, 1.165) is 38.6 Å². The molecule has 5 nitrogen and oxygen atoms in total. The van der Waals surface area contributed by atoms with Gasteiger partial charge < -0.3 is 5.32 Å². The molecule has 0 saturated heterocycles. The van der Waals surface area contributed by atoms with Gasteiger partial charge in [-0.3, -0.25) is 0 Å². The molecule has 0 amide bonds. The SMILES string of the molecule is CCCNC1CCC(NS(=O)(=O)NC)CC1. The van der Waals surface area contributed by atoms with Crippen LogP contribution in [0.15, 0.2) is 0 Å². The van der Waals surface area contributed by atoms with Gasteiger partial charge in [0.15, 0.2) is 0 Å². The van der Waals surface area contributed by atoms with E-state index in [1.54, 1.807) is 0 Å². The zero-order valence-corrected chi connectivity index (χ0v) is 10.9. The Morgan fingerprint density at radius 1 is 1.12 bits per heavy atom. The second-order valence-corrected chi connectivity index (χ2v) is 5.98. The molecule has 0 radical (unpaired) electrons. The molecule has 0 bridgehead atoms. The third-order valence-corrected chi connectivity index (χ3v) is 4.18. The van der Waals surface area contributed by atoms with Crippen molar-refractivity contribution in [1.29, 1.82) is 0 Å². The summed E-state index contributed by atoms with van der Waals surface area (Å²) in [4.78, 5) is 0. The van der Waals surface area contributed by atoms with Crippen molar-refractivity contribution >= 4 is 10.2 Å². The van der Waals surface area contributed by atoms with Crippen LogP contribution in [0, 0.1) is 0 Å². The molecule has 1 saturated carbocycles. The molecule has 0 aromatic heterocycles. The standard InChI is InChI=1S/C10H23N3O2S/c1-3-8-12-9-4-6-10(7-5-9)13-16(14,15)11-2/h9-13H,3-8H2,1-2H3. The molecule has 0 spiro atoms. The minimum Gasteiger partial charge on any atom is -0.314 e. The van der Waals surface area contributed by atoms with Gasteiger partial charge in [0.1, 0.15) is 0 Å². The largest absolute Gasteiger partial charge is 0.314 e.